The van der Waals surface area contributed by atoms with E-state index in [4.69, 9.17) is 0 Å². The maximum atomic E-state index is 3.67. The van der Waals surface area contributed by atoms with E-state index in [2.05, 4.69) is 71.1 Å². The maximum absolute atomic E-state index is 3.67. The molecule has 1 heteroatoms. The first kappa shape index (κ1) is 16.2. The Bertz CT molecular complexity index is 358. The standard InChI is InChI=1S/C18H31N/c1-7-8-15(3)17(13-19-18(4,5)6)16-11-9-14(2)10-12-16/h9-12,15,17,19H,7-8,13H2,1-6H3. The zero-order valence-corrected chi connectivity index (χ0v) is 13.6. The van der Waals surface area contributed by atoms with Crippen LogP contribution in [0.2, 0.25) is 0 Å². The van der Waals surface area contributed by atoms with Crippen molar-refractivity contribution in [2.75, 3.05) is 6.54 Å². The molecule has 1 aromatic rings. The largest absolute Gasteiger partial charge is 0.311 e. The Morgan fingerprint density at radius 2 is 1.68 bits per heavy atom. The summed E-state index contributed by atoms with van der Waals surface area (Å²) >= 11 is 0. The fraction of sp³-hybridized carbons (Fsp3) is 0.667. The van der Waals surface area contributed by atoms with Gasteiger partial charge in [-0.3, -0.25) is 0 Å². The van der Waals surface area contributed by atoms with Crippen molar-refractivity contribution in [3.05, 3.63) is 35.4 Å². The van der Waals surface area contributed by atoms with Gasteiger partial charge in [-0.2, -0.15) is 0 Å². The van der Waals surface area contributed by atoms with Crippen molar-refractivity contribution in [2.45, 2.75) is 65.8 Å². The molecule has 2 unspecified atom stereocenters. The monoisotopic (exact) mass is 261 g/mol. The van der Waals surface area contributed by atoms with Gasteiger partial charge in [0.15, 0.2) is 0 Å². The summed E-state index contributed by atoms with van der Waals surface area (Å²) in [6.07, 6.45) is 2.56. The van der Waals surface area contributed by atoms with Gasteiger partial charge in [0.1, 0.15) is 0 Å². The molecule has 0 aliphatic heterocycles. The van der Waals surface area contributed by atoms with Crippen LogP contribution in [0.15, 0.2) is 24.3 Å². The summed E-state index contributed by atoms with van der Waals surface area (Å²) < 4.78 is 0. The van der Waals surface area contributed by atoms with E-state index in [-0.39, 0.29) is 5.54 Å². The highest BCUT2D eigenvalue weighted by Crippen LogP contribution is 2.28. The molecule has 0 aliphatic rings. The molecule has 0 aromatic heterocycles. The molecular formula is C18H31N. The summed E-state index contributed by atoms with van der Waals surface area (Å²) in [5.41, 5.74) is 3.01. The number of rotatable bonds is 6. The van der Waals surface area contributed by atoms with Gasteiger partial charge in [-0.1, -0.05) is 56.5 Å². The average molecular weight is 261 g/mol. The van der Waals surface area contributed by atoms with E-state index >= 15 is 0 Å². The molecule has 0 aliphatic carbocycles. The zero-order valence-electron chi connectivity index (χ0n) is 13.6. The molecule has 0 radical (unpaired) electrons. The van der Waals surface area contributed by atoms with Crippen molar-refractivity contribution < 1.29 is 0 Å². The van der Waals surface area contributed by atoms with Crippen LogP contribution in [0, 0.1) is 12.8 Å². The van der Waals surface area contributed by atoms with Crippen molar-refractivity contribution in [3.8, 4) is 0 Å². The molecule has 0 spiro atoms. The molecule has 1 N–H and O–H groups in total. The first-order valence-corrected chi connectivity index (χ1v) is 7.65. The Morgan fingerprint density at radius 3 is 2.16 bits per heavy atom. The first-order valence-electron chi connectivity index (χ1n) is 7.65. The van der Waals surface area contributed by atoms with Gasteiger partial charge >= 0.3 is 0 Å². The highest BCUT2D eigenvalue weighted by molar-refractivity contribution is 5.25. The quantitative estimate of drug-likeness (QED) is 0.767. The van der Waals surface area contributed by atoms with Crippen LogP contribution in [0.1, 0.15) is 64.5 Å². The molecule has 0 bridgehead atoms. The zero-order chi connectivity index (χ0) is 14.5. The summed E-state index contributed by atoms with van der Waals surface area (Å²) in [6, 6.07) is 9.07. The van der Waals surface area contributed by atoms with Crippen LogP contribution >= 0.6 is 0 Å². The van der Waals surface area contributed by atoms with Gasteiger partial charge in [0.05, 0.1) is 0 Å². The van der Waals surface area contributed by atoms with Crippen molar-refractivity contribution in [1.82, 2.24) is 5.32 Å². The molecule has 0 amide bonds. The number of hydrogen-bond donors (Lipinski definition) is 1. The molecule has 19 heavy (non-hydrogen) atoms. The third-order valence-electron chi connectivity index (χ3n) is 3.79. The smallest absolute Gasteiger partial charge is 0.00967 e. The van der Waals surface area contributed by atoms with Crippen molar-refractivity contribution in [3.63, 3.8) is 0 Å². The Labute approximate surface area is 119 Å². The van der Waals surface area contributed by atoms with E-state index in [0.717, 1.165) is 12.5 Å². The lowest BCUT2D eigenvalue weighted by Crippen LogP contribution is -2.39. The lowest BCUT2D eigenvalue weighted by Gasteiger charge is -2.29. The van der Waals surface area contributed by atoms with E-state index in [1.165, 1.54) is 24.0 Å². The second-order valence-electron chi connectivity index (χ2n) is 6.91. The number of benzene rings is 1. The van der Waals surface area contributed by atoms with Crippen LogP contribution in [-0.2, 0) is 0 Å². The molecule has 2 atom stereocenters. The molecule has 108 valence electrons. The predicted molar refractivity (Wildman–Crippen MR) is 85.7 cm³/mol. The van der Waals surface area contributed by atoms with E-state index in [0.29, 0.717) is 5.92 Å². The van der Waals surface area contributed by atoms with Crippen LogP contribution in [0.25, 0.3) is 0 Å². The molecule has 1 nitrogen and oxygen atoms in total. The van der Waals surface area contributed by atoms with Gasteiger partial charge in [0.2, 0.25) is 0 Å². The lowest BCUT2D eigenvalue weighted by molar-refractivity contribution is 0.348. The van der Waals surface area contributed by atoms with Gasteiger partial charge in [-0.05, 0) is 45.1 Å². The van der Waals surface area contributed by atoms with Crippen LogP contribution in [-0.4, -0.2) is 12.1 Å². The highest BCUT2D eigenvalue weighted by Gasteiger charge is 2.21. The molecule has 0 fully saturated rings. The Kier molecular flexibility index (Phi) is 6.06. The van der Waals surface area contributed by atoms with Crippen molar-refractivity contribution >= 4 is 0 Å². The maximum Gasteiger partial charge on any atom is 0.00967 e. The van der Waals surface area contributed by atoms with Gasteiger partial charge in [-0.15, -0.1) is 0 Å². The molecule has 0 saturated carbocycles. The van der Waals surface area contributed by atoms with E-state index < -0.39 is 0 Å². The summed E-state index contributed by atoms with van der Waals surface area (Å²) in [5, 5.41) is 3.67. The third kappa shape index (κ3) is 5.78. The van der Waals surface area contributed by atoms with Crippen molar-refractivity contribution in [1.29, 1.82) is 0 Å². The second kappa shape index (κ2) is 7.09. The highest BCUT2D eigenvalue weighted by atomic mass is 14.9. The predicted octanol–water partition coefficient (Wildman–Crippen LogP) is 4.90. The summed E-state index contributed by atoms with van der Waals surface area (Å²) in [6.45, 7) is 14.6. The number of hydrogen-bond acceptors (Lipinski definition) is 1. The number of aryl methyl sites for hydroxylation is 1. The van der Waals surface area contributed by atoms with Gasteiger partial charge in [0.25, 0.3) is 0 Å². The minimum Gasteiger partial charge on any atom is -0.311 e. The Hall–Kier alpha value is -0.820. The summed E-state index contributed by atoms with van der Waals surface area (Å²) in [4.78, 5) is 0. The van der Waals surface area contributed by atoms with Crippen molar-refractivity contribution in [2.24, 2.45) is 5.92 Å². The van der Waals surface area contributed by atoms with Gasteiger partial charge < -0.3 is 5.32 Å². The second-order valence-corrected chi connectivity index (χ2v) is 6.91. The van der Waals surface area contributed by atoms with Gasteiger partial charge in [-0.25, -0.2) is 0 Å². The summed E-state index contributed by atoms with van der Waals surface area (Å²) in [5.74, 6) is 1.34. The molecular weight excluding hydrogens is 230 g/mol. The molecule has 1 rings (SSSR count). The SMILES string of the molecule is CCCC(C)C(CNC(C)(C)C)c1ccc(C)cc1. The van der Waals surface area contributed by atoms with E-state index in [1.807, 2.05) is 0 Å². The first-order chi connectivity index (χ1) is 8.83. The minimum absolute atomic E-state index is 0.189. The Morgan fingerprint density at radius 1 is 1.11 bits per heavy atom. The topological polar surface area (TPSA) is 12.0 Å². The van der Waals surface area contributed by atoms with Crippen LogP contribution in [0.4, 0.5) is 0 Å². The van der Waals surface area contributed by atoms with E-state index in [9.17, 15) is 0 Å². The normalized spacial score (nSPS) is 15.3. The molecule has 1 aromatic carbocycles. The average Bonchev–Trinajstić information content (AvgIpc) is 2.30. The minimum atomic E-state index is 0.189. The van der Waals surface area contributed by atoms with Crippen LogP contribution in [0.5, 0.6) is 0 Å². The molecule has 0 saturated heterocycles. The summed E-state index contributed by atoms with van der Waals surface area (Å²) in [7, 11) is 0. The van der Waals surface area contributed by atoms with Gasteiger partial charge in [0, 0.05) is 12.1 Å². The van der Waals surface area contributed by atoms with E-state index in [1.54, 1.807) is 0 Å². The third-order valence-corrected chi connectivity index (χ3v) is 3.79. The molecule has 0 heterocycles. The van der Waals surface area contributed by atoms with Crippen LogP contribution < -0.4 is 5.32 Å². The lowest BCUT2D eigenvalue weighted by atomic mass is 9.83. The fourth-order valence-corrected chi connectivity index (χ4v) is 2.53. The van der Waals surface area contributed by atoms with Crippen LogP contribution in [0.3, 0.4) is 0 Å². The number of nitrogens with one attached hydrogen (secondary N) is 1. The Balaban J connectivity index is 2.82. The fourth-order valence-electron chi connectivity index (χ4n) is 2.53.